The smallest absolute Gasteiger partial charge is 0.161 e. The molecule has 1 unspecified atom stereocenters. The van der Waals surface area contributed by atoms with Gasteiger partial charge in [0.1, 0.15) is 6.07 Å². The first kappa shape index (κ1) is 11.7. The summed E-state index contributed by atoms with van der Waals surface area (Å²) in [6.07, 6.45) is -0.450. The molecule has 2 rings (SSSR count). The van der Waals surface area contributed by atoms with Crippen LogP contribution in [0.25, 0.3) is 0 Å². The van der Waals surface area contributed by atoms with E-state index in [9.17, 15) is 0 Å². The second kappa shape index (κ2) is 5.05. The van der Waals surface area contributed by atoms with Crippen LogP contribution in [0.2, 0.25) is 5.02 Å². The molecule has 1 aliphatic rings. The fraction of sp³-hybridized carbons (Fsp3) is 0.333. The normalized spacial score (nSPS) is 19.5. The van der Waals surface area contributed by atoms with E-state index in [-0.39, 0.29) is 0 Å². The predicted octanol–water partition coefficient (Wildman–Crippen LogP) is 1.94. The Kier molecular flexibility index (Phi) is 3.49. The highest BCUT2D eigenvalue weighted by molar-refractivity contribution is 6.32. The number of nitriles is 2. The van der Waals surface area contributed by atoms with Crippen LogP contribution in [-0.2, 0) is 4.74 Å². The Hall–Kier alpha value is -1.75. The molecule has 0 bridgehead atoms. The molecule has 0 aromatic heterocycles. The highest BCUT2D eigenvalue weighted by atomic mass is 35.5. The summed E-state index contributed by atoms with van der Waals surface area (Å²) in [5.74, 6) is 0. The SMILES string of the molecule is N#Cc1c(Cl)cccc1N1CCOC(C#N)C1. The monoisotopic (exact) mass is 247 g/mol. The third kappa shape index (κ3) is 2.34. The molecule has 5 heteroatoms. The van der Waals surface area contributed by atoms with Gasteiger partial charge in [-0.2, -0.15) is 10.5 Å². The van der Waals surface area contributed by atoms with Crippen LogP contribution in [-0.4, -0.2) is 25.8 Å². The topological polar surface area (TPSA) is 60.1 Å². The maximum atomic E-state index is 9.10. The summed E-state index contributed by atoms with van der Waals surface area (Å²) in [6.45, 7) is 1.61. The van der Waals surface area contributed by atoms with Crippen LogP contribution in [0.3, 0.4) is 0 Å². The van der Waals surface area contributed by atoms with E-state index in [4.69, 9.17) is 26.9 Å². The Morgan fingerprint density at radius 1 is 1.41 bits per heavy atom. The standard InChI is InChI=1S/C12H10ClN3O/c13-11-2-1-3-12(10(11)7-15)16-4-5-17-9(6-14)8-16/h1-3,9H,4-5,8H2. The first-order valence-electron chi connectivity index (χ1n) is 5.21. The fourth-order valence-corrected chi connectivity index (χ4v) is 2.04. The molecule has 1 heterocycles. The van der Waals surface area contributed by atoms with Crippen molar-refractivity contribution in [1.29, 1.82) is 10.5 Å². The summed E-state index contributed by atoms with van der Waals surface area (Å²) in [7, 11) is 0. The summed E-state index contributed by atoms with van der Waals surface area (Å²) in [6, 6.07) is 9.50. The molecule has 0 spiro atoms. The molecular formula is C12H10ClN3O. The van der Waals surface area contributed by atoms with Crippen LogP contribution in [0.15, 0.2) is 18.2 Å². The van der Waals surface area contributed by atoms with Gasteiger partial charge in [-0.1, -0.05) is 17.7 Å². The number of rotatable bonds is 1. The van der Waals surface area contributed by atoms with Crippen LogP contribution in [0.4, 0.5) is 5.69 Å². The van der Waals surface area contributed by atoms with Crippen molar-refractivity contribution in [3.8, 4) is 12.1 Å². The van der Waals surface area contributed by atoms with Gasteiger partial charge in [-0.15, -0.1) is 0 Å². The average Bonchev–Trinajstić information content (AvgIpc) is 2.38. The first-order valence-corrected chi connectivity index (χ1v) is 5.59. The number of hydrogen-bond acceptors (Lipinski definition) is 4. The molecule has 0 radical (unpaired) electrons. The fourth-order valence-electron chi connectivity index (χ4n) is 1.83. The highest BCUT2D eigenvalue weighted by Crippen LogP contribution is 2.27. The molecule has 86 valence electrons. The molecule has 1 saturated heterocycles. The van der Waals surface area contributed by atoms with Crippen molar-refractivity contribution in [3.63, 3.8) is 0 Å². The lowest BCUT2D eigenvalue weighted by atomic mass is 10.1. The molecule has 0 aliphatic carbocycles. The lowest BCUT2D eigenvalue weighted by Gasteiger charge is -2.32. The largest absolute Gasteiger partial charge is 0.364 e. The number of ether oxygens (including phenoxy) is 1. The van der Waals surface area contributed by atoms with E-state index in [1.165, 1.54) is 0 Å². The third-order valence-electron chi connectivity index (χ3n) is 2.65. The van der Waals surface area contributed by atoms with Gasteiger partial charge in [0.15, 0.2) is 6.10 Å². The van der Waals surface area contributed by atoms with Crippen molar-refractivity contribution in [2.75, 3.05) is 24.6 Å². The van der Waals surface area contributed by atoms with Gasteiger partial charge < -0.3 is 9.64 Å². The second-order valence-electron chi connectivity index (χ2n) is 3.68. The average molecular weight is 248 g/mol. The molecule has 4 nitrogen and oxygen atoms in total. The van der Waals surface area contributed by atoms with E-state index < -0.39 is 6.10 Å². The molecular weight excluding hydrogens is 238 g/mol. The summed E-state index contributed by atoms with van der Waals surface area (Å²) >= 11 is 5.97. The lowest BCUT2D eigenvalue weighted by Crippen LogP contribution is -2.42. The van der Waals surface area contributed by atoms with Crippen LogP contribution in [0.1, 0.15) is 5.56 Å². The van der Waals surface area contributed by atoms with E-state index in [1.54, 1.807) is 12.1 Å². The Balaban J connectivity index is 2.32. The molecule has 1 aromatic carbocycles. The van der Waals surface area contributed by atoms with Gasteiger partial charge in [-0.25, -0.2) is 0 Å². The molecule has 0 amide bonds. The Morgan fingerprint density at radius 2 is 2.24 bits per heavy atom. The van der Waals surface area contributed by atoms with Gasteiger partial charge in [0.05, 0.1) is 35.5 Å². The van der Waals surface area contributed by atoms with Crippen LogP contribution < -0.4 is 4.90 Å². The van der Waals surface area contributed by atoms with Crippen molar-refractivity contribution in [2.45, 2.75) is 6.10 Å². The molecule has 0 saturated carbocycles. The highest BCUT2D eigenvalue weighted by Gasteiger charge is 2.22. The summed E-state index contributed by atoms with van der Waals surface area (Å²) in [5, 5.41) is 18.4. The second-order valence-corrected chi connectivity index (χ2v) is 4.09. The van der Waals surface area contributed by atoms with Crippen LogP contribution in [0, 0.1) is 22.7 Å². The Morgan fingerprint density at radius 3 is 2.94 bits per heavy atom. The van der Waals surface area contributed by atoms with E-state index in [0.717, 1.165) is 5.69 Å². The summed E-state index contributed by atoms with van der Waals surface area (Å²) < 4.78 is 5.26. The number of nitrogens with zero attached hydrogens (tertiary/aromatic N) is 3. The van der Waals surface area contributed by atoms with E-state index in [0.29, 0.717) is 30.3 Å². The zero-order valence-electron chi connectivity index (χ0n) is 9.06. The molecule has 1 aromatic rings. The Labute approximate surface area is 105 Å². The van der Waals surface area contributed by atoms with Crippen molar-refractivity contribution < 1.29 is 4.74 Å². The van der Waals surface area contributed by atoms with E-state index in [2.05, 4.69) is 12.1 Å². The third-order valence-corrected chi connectivity index (χ3v) is 2.97. The number of anilines is 1. The number of benzene rings is 1. The zero-order valence-corrected chi connectivity index (χ0v) is 9.81. The molecule has 0 N–H and O–H groups in total. The van der Waals surface area contributed by atoms with Crippen LogP contribution >= 0.6 is 11.6 Å². The first-order chi connectivity index (χ1) is 8.26. The van der Waals surface area contributed by atoms with Gasteiger partial charge >= 0.3 is 0 Å². The van der Waals surface area contributed by atoms with Crippen molar-refractivity contribution in [1.82, 2.24) is 0 Å². The van der Waals surface area contributed by atoms with Crippen molar-refractivity contribution >= 4 is 17.3 Å². The van der Waals surface area contributed by atoms with Crippen molar-refractivity contribution in [2.24, 2.45) is 0 Å². The maximum Gasteiger partial charge on any atom is 0.161 e. The van der Waals surface area contributed by atoms with E-state index in [1.807, 2.05) is 11.0 Å². The number of halogens is 1. The molecule has 1 aliphatic heterocycles. The molecule has 17 heavy (non-hydrogen) atoms. The van der Waals surface area contributed by atoms with Gasteiger partial charge in [0.25, 0.3) is 0 Å². The van der Waals surface area contributed by atoms with Gasteiger partial charge in [-0.3, -0.25) is 0 Å². The molecule has 1 atom stereocenters. The minimum Gasteiger partial charge on any atom is -0.364 e. The quantitative estimate of drug-likeness (QED) is 0.761. The predicted molar refractivity (Wildman–Crippen MR) is 63.7 cm³/mol. The zero-order chi connectivity index (χ0) is 12.3. The summed E-state index contributed by atoms with van der Waals surface area (Å²) in [5.41, 5.74) is 1.22. The lowest BCUT2D eigenvalue weighted by molar-refractivity contribution is 0.0764. The minimum absolute atomic E-state index is 0.435. The van der Waals surface area contributed by atoms with E-state index >= 15 is 0 Å². The maximum absolute atomic E-state index is 9.10. The minimum atomic E-state index is -0.450. The van der Waals surface area contributed by atoms with Gasteiger partial charge in [-0.05, 0) is 12.1 Å². The number of hydrogen-bond donors (Lipinski definition) is 0. The number of morpholine rings is 1. The van der Waals surface area contributed by atoms with Crippen LogP contribution in [0.5, 0.6) is 0 Å². The van der Waals surface area contributed by atoms with Gasteiger partial charge in [0, 0.05) is 6.54 Å². The van der Waals surface area contributed by atoms with Gasteiger partial charge in [0.2, 0.25) is 0 Å². The summed E-state index contributed by atoms with van der Waals surface area (Å²) in [4.78, 5) is 1.96. The molecule has 1 fully saturated rings. The van der Waals surface area contributed by atoms with Crippen molar-refractivity contribution in [3.05, 3.63) is 28.8 Å². The Bertz CT molecular complexity index is 503.